The highest BCUT2D eigenvalue weighted by Crippen LogP contribution is 2.24. The number of amides is 1. The van der Waals surface area contributed by atoms with Crippen LogP contribution in [-0.4, -0.2) is 21.9 Å². The summed E-state index contributed by atoms with van der Waals surface area (Å²) in [5.41, 5.74) is 7.59. The van der Waals surface area contributed by atoms with E-state index in [-0.39, 0.29) is 5.91 Å². The minimum atomic E-state index is -0.371. The predicted molar refractivity (Wildman–Crippen MR) is 123 cm³/mol. The number of hydrogen-bond acceptors (Lipinski definition) is 3. The van der Waals surface area contributed by atoms with Gasteiger partial charge in [0.05, 0.1) is 17.6 Å². The number of halogens is 1. The van der Waals surface area contributed by atoms with Crippen molar-refractivity contribution in [2.75, 3.05) is 0 Å². The van der Waals surface area contributed by atoms with Crippen molar-refractivity contribution in [1.29, 1.82) is 0 Å². The highest BCUT2D eigenvalue weighted by molar-refractivity contribution is 9.10. The lowest BCUT2D eigenvalue weighted by Crippen LogP contribution is -2.18. The number of carbonyl (C=O) groups excluding carboxylic acids is 1. The SMILES string of the molecule is Cc1ccc(-c2cc(C(=O)N/N=C\c3cccc(Br)c3)nn2-c2ccccc2)cc1. The Morgan fingerprint density at radius 3 is 2.50 bits per heavy atom. The van der Waals surface area contributed by atoms with Crippen LogP contribution in [0.15, 0.2) is 94.5 Å². The number of para-hydroxylation sites is 1. The number of benzene rings is 3. The zero-order chi connectivity index (χ0) is 20.9. The van der Waals surface area contributed by atoms with Gasteiger partial charge in [0.2, 0.25) is 0 Å². The van der Waals surface area contributed by atoms with E-state index in [9.17, 15) is 4.79 Å². The lowest BCUT2D eigenvalue weighted by molar-refractivity contribution is 0.0949. The van der Waals surface area contributed by atoms with Gasteiger partial charge in [-0.1, -0.05) is 76.1 Å². The van der Waals surface area contributed by atoms with Crippen molar-refractivity contribution in [3.63, 3.8) is 0 Å². The average molecular weight is 459 g/mol. The topological polar surface area (TPSA) is 59.3 Å². The number of aromatic nitrogens is 2. The summed E-state index contributed by atoms with van der Waals surface area (Å²) in [6, 6.07) is 27.3. The van der Waals surface area contributed by atoms with Crippen molar-refractivity contribution in [2.24, 2.45) is 5.10 Å². The third-order valence-electron chi connectivity index (χ3n) is 4.52. The maximum Gasteiger partial charge on any atom is 0.291 e. The van der Waals surface area contributed by atoms with Gasteiger partial charge in [0.1, 0.15) is 0 Å². The number of aryl methyl sites for hydroxylation is 1. The van der Waals surface area contributed by atoms with Gasteiger partial charge in [0.25, 0.3) is 5.91 Å². The van der Waals surface area contributed by atoms with Crippen LogP contribution in [0.1, 0.15) is 21.6 Å². The minimum Gasteiger partial charge on any atom is -0.265 e. The molecule has 5 nitrogen and oxygen atoms in total. The monoisotopic (exact) mass is 458 g/mol. The molecule has 0 radical (unpaired) electrons. The first-order valence-electron chi connectivity index (χ1n) is 9.42. The van der Waals surface area contributed by atoms with Crippen LogP contribution in [0.2, 0.25) is 0 Å². The van der Waals surface area contributed by atoms with E-state index in [1.807, 2.05) is 85.8 Å². The maximum absolute atomic E-state index is 12.7. The van der Waals surface area contributed by atoms with Crippen LogP contribution in [0.5, 0.6) is 0 Å². The molecule has 3 aromatic carbocycles. The molecule has 0 spiro atoms. The first kappa shape index (κ1) is 19.8. The molecule has 4 aromatic rings. The summed E-state index contributed by atoms with van der Waals surface area (Å²) in [5.74, 6) is -0.371. The molecule has 0 saturated carbocycles. The van der Waals surface area contributed by atoms with E-state index in [0.717, 1.165) is 27.0 Å². The molecule has 1 N–H and O–H groups in total. The van der Waals surface area contributed by atoms with E-state index in [1.54, 1.807) is 17.0 Å². The van der Waals surface area contributed by atoms with Crippen LogP contribution in [-0.2, 0) is 0 Å². The van der Waals surface area contributed by atoms with Crippen LogP contribution < -0.4 is 5.43 Å². The number of nitrogens with zero attached hydrogens (tertiary/aromatic N) is 3. The van der Waals surface area contributed by atoms with E-state index in [4.69, 9.17) is 0 Å². The van der Waals surface area contributed by atoms with Gasteiger partial charge in [-0.2, -0.15) is 10.2 Å². The Morgan fingerprint density at radius 2 is 1.77 bits per heavy atom. The second-order valence-corrected chi connectivity index (χ2v) is 7.70. The Morgan fingerprint density at radius 1 is 1.00 bits per heavy atom. The Kier molecular flexibility index (Phi) is 5.86. The molecule has 0 atom stereocenters. The molecule has 0 bridgehead atoms. The van der Waals surface area contributed by atoms with Gasteiger partial charge in [-0.3, -0.25) is 4.79 Å². The summed E-state index contributed by atoms with van der Waals surface area (Å²) in [6.45, 7) is 2.04. The number of carbonyl (C=O) groups is 1. The predicted octanol–water partition coefficient (Wildman–Crippen LogP) is 5.37. The molecule has 1 amide bonds. The number of rotatable bonds is 5. The molecule has 30 heavy (non-hydrogen) atoms. The molecule has 1 heterocycles. The van der Waals surface area contributed by atoms with Gasteiger partial charge in [0.15, 0.2) is 5.69 Å². The van der Waals surface area contributed by atoms with Gasteiger partial charge >= 0.3 is 0 Å². The second-order valence-electron chi connectivity index (χ2n) is 6.78. The van der Waals surface area contributed by atoms with Crippen molar-refractivity contribution in [1.82, 2.24) is 15.2 Å². The number of nitrogens with one attached hydrogen (secondary N) is 1. The first-order valence-corrected chi connectivity index (χ1v) is 10.2. The fourth-order valence-electron chi connectivity index (χ4n) is 3.00. The van der Waals surface area contributed by atoms with Gasteiger partial charge < -0.3 is 0 Å². The van der Waals surface area contributed by atoms with Crippen molar-refractivity contribution >= 4 is 28.1 Å². The molecule has 148 valence electrons. The van der Waals surface area contributed by atoms with Gasteiger partial charge in [-0.05, 0) is 42.8 Å². The fourth-order valence-corrected chi connectivity index (χ4v) is 3.41. The summed E-state index contributed by atoms with van der Waals surface area (Å²) in [7, 11) is 0. The van der Waals surface area contributed by atoms with Crippen LogP contribution in [0.3, 0.4) is 0 Å². The van der Waals surface area contributed by atoms with Crippen molar-refractivity contribution < 1.29 is 4.79 Å². The Balaban J connectivity index is 1.63. The number of hydrogen-bond donors (Lipinski definition) is 1. The van der Waals surface area contributed by atoms with E-state index in [1.165, 1.54) is 5.56 Å². The van der Waals surface area contributed by atoms with E-state index < -0.39 is 0 Å². The minimum absolute atomic E-state index is 0.292. The summed E-state index contributed by atoms with van der Waals surface area (Å²) in [4.78, 5) is 12.7. The zero-order valence-corrected chi connectivity index (χ0v) is 17.9. The molecule has 0 fully saturated rings. The van der Waals surface area contributed by atoms with Crippen molar-refractivity contribution in [2.45, 2.75) is 6.92 Å². The lowest BCUT2D eigenvalue weighted by Gasteiger charge is -2.07. The lowest BCUT2D eigenvalue weighted by atomic mass is 10.1. The molecule has 0 saturated heterocycles. The van der Waals surface area contributed by atoms with Gasteiger partial charge in [0, 0.05) is 10.0 Å². The Bertz CT molecular complexity index is 1200. The highest BCUT2D eigenvalue weighted by Gasteiger charge is 2.16. The van der Waals surface area contributed by atoms with Gasteiger partial charge in [-0.25, -0.2) is 10.1 Å². The third kappa shape index (κ3) is 4.55. The summed E-state index contributed by atoms with van der Waals surface area (Å²) in [5, 5.41) is 8.60. The fraction of sp³-hybridized carbons (Fsp3) is 0.0417. The molecular formula is C24H19BrN4O. The van der Waals surface area contributed by atoms with Crippen molar-refractivity contribution in [3.8, 4) is 16.9 Å². The summed E-state index contributed by atoms with van der Waals surface area (Å²) in [6.07, 6.45) is 1.59. The largest absolute Gasteiger partial charge is 0.291 e. The van der Waals surface area contributed by atoms with E-state index >= 15 is 0 Å². The molecule has 0 aliphatic carbocycles. The van der Waals surface area contributed by atoms with Gasteiger partial charge in [-0.15, -0.1) is 0 Å². The van der Waals surface area contributed by atoms with Crippen LogP contribution in [0.4, 0.5) is 0 Å². The summed E-state index contributed by atoms with van der Waals surface area (Å²) < 4.78 is 2.72. The molecule has 6 heteroatoms. The summed E-state index contributed by atoms with van der Waals surface area (Å²) >= 11 is 3.42. The second kappa shape index (κ2) is 8.88. The van der Waals surface area contributed by atoms with E-state index in [2.05, 4.69) is 31.6 Å². The van der Waals surface area contributed by atoms with Crippen LogP contribution >= 0.6 is 15.9 Å². The zero-order valence-electron chi connectivity index (χ0n) is 16.3. The molecule has 0 aliphatic rings. The molecule has 4 rings (SSSR count). The number of hydrazone groups is 1. The standard InChI is InChI=1S/C24H19BrN4O/c1-17-10-12-19(13-11-17)23-15-22(28-29(23)21-8-3-2-4-9-21)24(30)27-26-16-18-6-5-7-20(25)14-18/h2-16H,1H3,(H,27,30)/b26-16-. The normalized spacial score (nSPS) is 11.0. The third-order valence-corrected chi connectivity index (χ3v) is 5.01. The first-order chi connectivity index (χ1) is 14.6. The Labute approximate surface area is 183 Å². The molecular weight excluding hydrogens is 440 g/mol. The smallest absolute Gasteiger partial charge is 0.265 e. The molecule has 0 unspecified atom stereocenters. The van der Waals surface area contributed by atoms with Crippen LogP contribution in [0.25, 0.3) is 16.9 Å². The molecule has 0 aliphatic heterocycles. The quantitative estimate of drug-likeness (QED) is 0.322. The van der Waals surface area contributed by atoms with Crippen molar-refractivity contribution in [3.05, 3.63) is 106 Å². The van der Waals surface area contributed by atoms with Crippen LogP contribution in [0, 0.1) is 6.92 Å². The highest BCUT2D eigenvalue weighted by atomic mass is 79.9. The van der Waals surface area contributed by atoms with E-state index in [0.29, 0.717) is 5.69 Å². The average Bonchev–Trinajstić information content (AvgIpc) is 3.20. The Hall–Kier alpha value is -3.51. The maximum atomic E-state index is 12.7. The molecule has 1 aromatic heterocycles.